The molecule has 1 amide bonds. The molecule has 0 saturated carbocycles. The SMILES string of the molecule is CNCCC(=O)Nc1cccc(OCc2ccccn2)c1.Cl.Cl. The van der Waals surface area contributed by atoms with Crippen LogP contribution in [0.3, 0.4) is 0 Å². The first kappa shape index (κ1) is 21.2. The number of hydrogen-bond acceptors (Lipinski definition) is 4. The second kappa shape index (κ2) is 11.7. The smallest absolute Gasteiger partial charge is 0.225 e. The van der Waals surface area contributed by atoms with Crippen molar-refractivity contribution in [3.63, 3.8) is 0 Å². The highest BCUT2D eigenvalue weighted by Crippen LogP contribution is 2.18. The van der Waals surface area contributed by atoms with E-state index in [1.165, 1.54) is 0 Å². The van der Waals surface area contributed by atoms with Crippen LogP contribution < -0.4 is 15.4 Å². The topological polar surface area (TPSA) is 63.2 Å². The molecule has 7 heteroatoms. The standard InChI is InChI=1S/C16H19N3O2.2ClH/c1-17-10-8-16(20)19-13-6-4-7-15(11-13)21-12-14-5-2-3-9-18-14;;/h2-7,9,11,17H,8,10,12H2,1H3,(H,19,20);2*1H. The molecule has 0 saturated heterocycles. The van der Waals surface area contributed by atoms with Gasteiger partial charge >= 0.3 is 0 Å². The molecule has 1 aromatic carbocycles. The monoisotopic (exact) mass is 357 g/mol. The molecule has 1 aromatic heterocycles. The zero-order chi connectivity index (χ0) is 14.9. The van der Waals surface area contributed by atoms with Crippen molar-refractivity contribution in [1.29, 1.82) is 0 Å². The minimum Gasteiger partial charge on any atom is -0.487 e. The number of pyridine rings is 1. The molecule has 0 aliphatic heterocycles. The summed E-state index contributed by atoms with van der Waals surface area (Å²) in [5.74, 6) is 0.679. The van der Waals surface area contributed by atoms with Crippen LogP contribution >= 0.6 is 24.8 Å². The zero-order valence-corrected chi connectivity index (χ0v) is 14.5. The predicted molar refractivity (Wildman–Crippen MR) is 96.7 cm³/mol. The fourth-order valence-electron chi connectivity index (χ4n) is 1.77. The van der Waals surface area contributed by atoms with Crippen molar-refractivity contribution in [1.82, 2.24) is 10.3 Å². The lowest BCUT2D eigenvalue weighted by molar-refractivity contribution is -0.116. The number of amides is 1. The quantitative estimate of drug-likeness (QED) is 0.799. The van der Waals surface area contributed by atoms with Crippen LogP contribution in [0.1, 0.15) is 12.1 Å². The van der Waals surface area contributed by atoms with E-state index in [4.69, 9.17) is 4.74 Å². The van der Waals surface area contributed by atoms with Crippen LogP contribution in [0.5, 0.6) is 5.75 Å². The van der Waals surface area contributed by atoms with Crippen LogP contribution in [0.15, 0.2) is 48.7 Å². The first-order valence-electron chi connectivity index (χ1n) is 6.85. The van der Waals surface area contributed by atoms with E-state index in [-0.39, 0.29) is 30.7 Å². The lowest BCUT2D eigenvalue weighted by Crippen LogP contribution is -2.18. The molecule has 0 aliphatic carbocycles. The largest absolute Gasteiger partial charge is 0.487 e. The molecule has 1 heterocycles. The van der Waals surface area contributed by atoms with E-state index in [2.05, 4.69) is 15.6 Å². The van der Waals surface area contributed by atoms with Crippen LogP contribution in [0, 0.1) is 0 Å². The van der Waals surface area contributed by atoms with Crippen LogP contribution in [0.25, 0.3) is 0 Å². The maximum Gasteiger partial charge on any atom is 0.225 e. The minimum atomic E-state index is -0.0220. The summed E-state index contributed by atoms with van der Waals surface area (Å²) in [5, 5.41) is 5.78. The van der Waals surface area contributed by atoms with Crippen molar-refractivity contribution in [2.75, 3.05) is 18.9 Å². The Bertz CT molecular complexity index is 583. The van der Waals surface area contributed by atoms with Gasteiger partial charge in [0.1, 0.15) is 12.4 Å². The summed E-state index contributed by atoms with van der Waals surface area (Å²) >= 11 is 0. The zero-order valence-electron chi connectivity index (χ0n) is 12.8. The van der Waals surface area contributed by atoms with E-state index >= 15 is 0 Å². The Morgan fingerprint density at radius 3 is 2.70 bits per heavy atom. The summed E-state index contributed by atoms with van der Waals surface area (Å²) in [6, 6.07) is 13.0. The molecular formula is C16H21Cl2N3O2. The average Bonchev–Trinajstić information content (AvgIpc) is 2.52. The molecule has 0 fully saturated rings. The molecule has 2 aromatic rings. The number of halogens is 2. The molecule has 0 bridgehead atoms. The van der Waals surface area contributed by atoms with Crippen LogP contribution in [0.2, 0.25) is 0 Å². The van der Waals surface area contributed by atoms with E-state index in [0.29, 0.717) is 25.3 Å². The molecule has 2 N–H and O–H groups in total. The van der Waals surface area contributed by atoms with E-state index in [1.807, 2.05) is 43.4 Å². The Morgan fingerprint density at radius 1 is 1.17 bits per heavy atom. The number of benzene rings is 1. The van der Waals surface area contributed by atoms with Crippen molar-refractivity contribution >= 4 is 36.4 Å². The third kappa shape index (κ3) is 7.83. The average molecular weight is 358 g/mol. The van der Waals surface area contributed by atoms with Crippen molar-refractivity contribution in [3.8, 4) is 5.75 Å². The van der Waals surface area contributed by atoms with Gasteiger partial charge < -0.3 is 15.4 Å². The van der Waals surface area contributed by atoms with Gasteiger partial charge in [0, 0.05) is 30.9 Å². The van der Waals surface area contributed by atoms with Gasteiger partial charge in [-0.1, -0.05) is 12.1 Å². The summed E-state index contributed by atoms with van der Waals surface area (Å²) in [7, 11) is 1.82. The fourth-order valence-corrected chi connectivity index (χ4v) is 1.77. The Labute approximate surface area is 148 Å². The number of ether oxygens (including phenoxy) is 1. The third-order valence-corrected chi connectivity index (χ3v) is 2.83. The summed E-state index contributed by atoms with van der Waals surface area (Å²) in [6.07, 6.45) is 2.17. The second-order valence-electron chi connectivity index (χ2n) is 4.54. The number of hydrogen-bond donors (Lipinski definition) is 2. The van der Waals surface area contributed by atoms with Crippen molar-refractivity contribution in [2.24, 2.45) is 0 Å². The van der Waals surface area contributed by atoms with Gasteiger partial charge in [-0.3, -0.25) is 9.78 Å². The van der Waals surface area contributed by atoms with Gasteiger partial charge in [0.05, 0.1) is 5.69 Å². The Balaban J connectivity index is 0.00000242. The maximum absolute atomic E-state index is 11.7. The predicted octanol–water partition coefficient (Wildman–Crippen LogP) is 3.05. The maximum atomic E-state index is 11.7. The molecule has 0 unspecified atom stereocenters. The number of aromatic nitrogens is 1. The summed E-state index contributed by atoms with van der Waals surface area (Å²) in [6.45, 7) is 1.06. The third-order valence-electron chi connectivity index (χ3n) is 2.83. The number of anilines is 1. The van der Waals surface area contributed by atoms with Gasteiger partial charge in [0.25, 0.3) is 0 Å². The number of carbonyl (C=O) groups is 1. The van der Waals surface area contributed by atoms with Gasteiger partial charge in [-0.15, -0.1) is 24.8 Å². The highest BCUT2D eigenvalue weighted by molar-refractivity contribution is 5.91. The van der Waals surface area contributed by atoms with Gasteiger partial charge in [-0.25, -0.2) is 0 Å². The Hall–Kier alpha value is -1.82. The molecule has 5 nitrogen and oxygen atoms in total. The number of rotatable bonds is 7. The molecule has 0 aliphatic rings. The highest BCUT2D eigenvalue weighted by Gasteiger charge is 2.03. The molecule has 126 valence electrons. The minimum absolute atomic E-state index is 0. The lowest BCUT2D eigenvalue weighted by atomic mass is 10.3. The molecule has 0 atom stereocenters. The van der Waals surface area contributed by atoms with Crippen molar-refractivity contribution in [2.45, 2.75) is 13.0 Å². The molecule has 2 rings (SSSR count). The molecule has 23 heavy (non-hydrogen) atoms. The van der Waals surface area contributed by atoms with Gasteiger partial charge in [-0.05, 0) is 31.3 Å². The van der Waals surface area contributed by atoms with Crippen LogP contribution in [-0.2, 0) is 11.4 Å². The Morgan fingerprint density at radius 2 is 2.00 bits per heavy atom. The number of nitrogens with one attached hydrogen (secondary N) is 2. The molecule has 0 radical (unpaired) electrons. The normalized spacial score (nSPS) is 9.26. The molecule has 0 spiro atoms. The first-order valence-corrected chi connectivity index (χ1v) is 6.85. The van der Waals surface area contributed by atoms with E-state index in [1.54, 1.807) is 12.3 Å². The summed E-state index contributed by atoms with van der Waals surface area (Å²) in [4.78, 5) is 15.9. The first-order chi connectivity index (χ1) is 10.3. The van der Waals surface area contributed by atoms with Gasteiger partial charge in [-0.2, -0.15) is 0 Å². The summed E-state index contributed by atoms with van der Waals surface area (Å²) < 4.78 is 5.67. The highest BCUT2D eigenvalue weighted by atomic mass is 35.5. The van der Waals surface area contributed by atoms with E-state index in [9.17, 15) is 4.79 Å². The second-order valence-corrected chi connectivity index (χ2v) is 4.54. The van der Waals surface area contributed by atoms with Gasteiger partial charge in [0.2, 0.25) is 5.91 Å². The summed E-state index contributed by atoms with van der Waals surface area (Å²) in [5.41, 5.74) is 1.59. The van der Waals surface area contributed by atoms with Crippen LogP contribution in [-0.4, -0.2) is 24.5 Å². The number of carbonyl (C=O) groups excluding carboxylic acids is 1. The lowest BCUT2D eigenvalue weighted by Gasteiger charge is -2.09. The number of nitrogens with zero attached hydrogens (tertiary/aromatic N) is 1. The van der Waals surface area contributed by atoms with Gasteiger partial charge in [0.15, 0.2) is 0 Å². The Kier molecular flexibility index (Phi) is 10.8. The molecular weight excluding hydrogens is 337 g/mol. The van der Waals surface area contributed by atoms with Crippen molar-refractivity contribution < 1.29 is 9.53 Å². The van der Waals surface area contributed by atoms with E-state index in [0.717, 1.165) is 11.4 Å². The van der Waals surface area contributed by atoms with Crippen LogP contribution in [0.4, 0.5) is 5.69 Å². The van der Waals surface area contributed by atoms with E-state index < -0.39 is 0 Å². The van der Waals surface area contributed by atoms with Crippen molar-refractivity contribution in [3.05, 3.63) is 54.4 Å². The fraction of sp³-hybridized carbons (Fsp3) is 0.250.